The van der Waals surface area contributed by atoms with Gasteiger partial charge in [0, 0.05) is 11.3 Å². The van der Waals surface area contributed by atoms with Crippen LogP contribution in [0.3, 0.4) is 0 Å². The third-order valence-corrected chi connectivity index (χ3v) is 3.66. The summed E-state index contributed by atoms with van der Waals surface area (Å²) in [4.78, 5) is 33.2. The van der Waals surface area contributed by atoms with Gasteiger partial charge >= 0.3 is 5.97 Å². The maximum atomic E-state index is 11.7. The highest BCUT2D eigenvalue weighted by atomic mass is 32.2. The Morgan fingerprint density at radius 2 is 2.10 bits per heavy atom. The van der Waals surface area contributed by atoms with Gasteiger partial charge in [-0.15, -0.1) is 11.8 Å². The number of carboxylic acids is 1. The Bertz CT molecular complexity index is 523. The first-order valence-electron chi connectivity index (χ1n) is 6.11. The number of aromatic nitrogens is 1. The molecule has 0 aliphatic rings. The first kappa shape index (κ1) is 17.0. The molecule has 0 aliphatic heterocycles. The number of carboxylic acid groups (broad SMARTS) is 1. The van der Waals surface area contributed by atoms with Crippen molar-refractivity contribution < 1.29 is 24.0 Å². The largest absolute Gasteiger partial charge is 0.480 e. The van der Waals surface area contributed by atoms with Crippen LogP contribution in [0.25, 0.3) is 0 Å². The standard InChI is InChI=1S/C12H17N3O5S/c1-6-8(7(2)20-15-6)4-21-5-11(17)14-9(12(18)19)3-10(13)16/h9H,3-5H2,1-2H3,(H2,13,16)(H,14,17)(H,18,19). The van der Waals surface area contributed by atoms with E-state index in [0.717, 1.165) is 11.3 Å². The lowest BCUT2D eigenvalue weighted by Crippen LogP contribution is -2.44. The van der Waals surface area contributed by atoms with Crippen molar-refractivity contribution in [2.24, 2.45) is 5.73 Å². The molecular formula is C12H17N3O5S. The van der Waals surface area contributed by atoms with E-state index in [0.29, 0.717) is 11.5 Å². The van der Waals surface area contributed by atoms with Crippen LogP contribution in [0, 0.1) is 13.8 Å². The minimum Gasteiger partial charge on any atom is -0.480 e. The topological polar surface area (TPSA) is 136 Å². The van der Waals surface area contributed by atoms with Gasteiger partial charge in [0.2, 0.25) is 11.8 Å². The van der Waals surface area contributed by atoms with E-state index in [-0.39, 0.29) is 5.75 Å². The molecule has 4 N–H and O–H groups in total. The zero-order chi connectivity index (χ0) is 16.0. The number of carbonyl (C=O) groups excluding carboxylic acids is 2. The second-order valence-electron chi connectivity index (χ2n) is 4.42. The molecule has 0 fully saturated rings. The van der Waals surface area contributed by atoms with E-state index in [4.69, 9.17) is 15.4 Å². The van der Waals surface area contributed by atoms with Crippen molar-refractivity contribution in [2.45, 2.75) is 32.1 Å². The molecule has 0 radical (unpaired) electrons. The molecule has 1 unspecified atom stereocenters. The summed E-state index contributed by atoms with van der Waals surface area (Å²) in [6.07, 6.45) is -0.435. The Labute approximate surface area is 125 Å². The second kappa shape index (κ2) is 7.67. The lowest BCUT2D eigenvalue weighted by molar-refractivity contribution is -0.143. The molecule has 0 saturated heterocycles. The third-order valence-electron chi connectivity index (χ3n) is 2.70. The fourth-order valence-electron chi connectivity index (χ4n) is 1.59. The first-order valence-corrected chi connectivity index (χ1v) is 7.26. The van der Waals surface area contributed by atoms with Gasteiger partial charge in [0.15, 0.2) is 0 Å². The highest BCUT2D eigenvalue weighted by Crippen LogP contribution is 2.19. The van der Waals surface area contributed by atoms with Gasteiger partial charge in [-0.25, -0.2) is 4.79 Å². The molecule has 116 valence electrons. The molecule has 1 atom stereocenters. The van der Waals surface area contributed by atoms with Crippen molar-refractivity contribution in [1.82, 2.24) is 10.5 Å². The van der Waals surface area contributed by atoms with Gasteiger partial charge < -0.3 is 20.7 Å². The van der Waals surface area contributed by atoms with Crippen LogP contribution in [0.2, 0.25) is 0 Å². The number of rotatable bonds is 8. The van der Waals surface area contributed by atoms with Gasteiger partial charge in [-0.05, 0) is 13.8 Å². The Balaban J connectivity index is 2.43. The fraction of sp³-hybridized carbons (Fsp3) is 0.500. The molecule has 21 heavy (non-hydrogen) atoms. The monoisotopic (exact) mass is 315 g/mol. The van der Waals surface area contributed by atoms with Crippen molar-refractivity contribution in [3.05, 3.63) is 17.0 Å². The lowest BCUT2D eigenvalue weighted by atomic mass is 10.2. The minimum absolute atomic E-state index is 0.0621. The predicted molar refractivity (Wildman–Crippen MR) is 75.5 cm³/mol. The number of nitrogens with one attached hydrogen (secondary N) is 1. The van der Waals surface area contributed by atoms with E-state index in [1.165, 1.54) is 11.8 Å². The van der Waals surface area contributed by atoms with E-state index < -0.39 is 30.2 Å². The number of aryl methyl sites for hydroxylation is 2. The highest BCUT2D eigenvalue weighted by molar-refractivity contribution is 7.99. The molecular weight excluding hydrogens is 298 g/mol. The molecule has 0 bridgehead atoms. The zero-order valence-corrected chi connectivity index (χ0v) is 12.5. The summed E-state index contributed by atoms with van der Waals surface area (Å²) >= 11 is 1.30. The molecule has 1 aromatic rings. The second-order valence-corrected chi connectivity index (χ2v) is 5.41. The summed E-state index contributed by atoms with van der Waals surface area (Å²) in [5, 5.41) is 14.9. The van der Waals surface area contributed by atoms with Gasteiger partial charge in [-0.1, -0.05) is 5.16 Å². The summed E-state index contributed by atoms with van der Waals surface area (Å²) in [5.74, 6) is -1.27. The van der Waals surface area contributed by atoms with Gasteiger partial charge in [0.25, 0.3) is 0 Å². The molecule has 0 aliphatic carbocycles. The molecule has 1 heterocycles. The normalized spacial score (nSPS) is 11.9. The van der Waals surface area contributed by atoms with E-state index in [2.05, 4.69) is 10.5 Å². The van der Waals surface area contributed by atoms with E-state index in [9.17, 15) is 14.4 Å². The van der Waals surface area contributed by atoms with Crippen molar-refractivity contribution in [3.63, 3.8) is 0 Å². The van der Waals surface area contributed by atoms with Crippen LogP contribution >= 0.6 is 11.8 Å². The average molecular weight is 315 g/mol. The SMILES string of the molecule is Cc1noc(C)c1CSCC(=O)NC(CC(N)=O)C(=O)O. The van der Waals surface area contributed by atoms with Crippen LogP contribution in [0.5, 0.6) is 0 Å². The molecule has 9 heteroatoms. The number of carbonyl (C=O) groups is 3. The zero-order valence-electron chi connectivity index (χ0n) is 11.7. The van der Waals surface area contributed by atoms with E-state index in [1.54, 1.807) is 13.8 Å². The summed E-state index contributed by atoms with van der Waals surface area (Å²) in [7, 11) is 0. The average Bonchev–Trinajstić information content (AvgIpc) is 2.69. The number of primary amides is 1. The van der Waals surface area contributed by atoms with Crippen LogP contribution in [0.4, 0.5) is 0 Å². The maximum Gasteiger partial charge on any atom is 0.326 e. The molecule has 0 saturated carbocycles. The summed E-state index contributed by atoms with van der Waals surface area (Å²) in [6, 6.07) is -1.30. The molecule has 0 spiro atoms. The van der Waals surface area contributed by atoms with E-state index >= 15 is 0 Å². The van der Waals surface area contributed by atoms with Crippen molar-refractivity contribution in [1.29, 1.82) is 0 Å². The number of hydrogen-bond donors (Lipinski definition) is 3. The highest BCUT2D eigenvalue weighted by Gasteiger charge is 2.22. The molecule has 0 aromatic carbocycles. The smallest absolute Gasteiger partial charge is 0.326 e. The summed E-state index contributed by atoms with van der Waals surface area (Å²) in [5.41, 5.74) is 6.61. The van der Waals surface area contributed by atoms with Gasteiger partial charge in [0.05, 0.1) is 17.9 Å². The minimum atomic E-state index is -1.30. The quantitative estimate of drug-likeness (QED) is 0.613. The number of aliphatic carboxylic acids is 1. The molecule has 1 rings (SSSR count). The number of nitrogens with zero attached hydrogens (tertiary/aromatic N) is 1. The van der Waals surface area contributed by atoms with Crippen LogP contribution in [0.1, 0.15) is 23.4 Å². The van der Waals surface area contributed by atoms with Crippen LogP contribution in [0.15, 0.2) is 4.52 Å². The molecule has 8 nitrogen and oxygen atoms in total. The van der Waals surface area contributed by atoms with Gasteiger partial charge in [0.1, 0.15) is 11.8 Å². The maximum absolute atomic E-state index is 11.7. The van der Waals surface area contributed by atoms with Crippen LogP contribution < -0.4 is 11.1 Å². The predicted octanol–water partition coefficient (Wildman–Crippen LogP) is -0.0306. The molecule has 1 aromatic heterocycles. The Hall–Kier alpha value is -2.03. The Morgan fingerprint density at radius 1 is 1.43 bits per heavy atom. The Morgan fingerprint density at radius 3 is 2.57 bits per heavy atom. The van der Waals surface area contributed by atoms with E-state index in [1.807, 2.05) is 0 Å². The lowest BCUT2D eigenvalue weighted by Gasteiger charge is -2.12. The number of amides is 2. The first-order chi connectivity index (χ1) is 9.81. The number of nitrogens with two attached hydrogens (primary N) is 1. The number of hydrogen-bond acceptors (Lipinski definition) is 6. The fourth-order valence-corrected chi connectivity index (χ4v) is 2.58. The van der Waals surface area contributed by atoms with Crippen molar-refractivity contribution in [3.8, 4) is 0 Å². The van der Waals surface area contributed by atoms with Crippen molar-refractivity contribution >= 4 is 29.5 Å². The summed E-state index contributed by atoms with van der Waals surface area (Å²) < 4.78 is 5.00. The third kappa shape index (κ3) is 5.46. The van der Waals surface area contributed by atoms with Crippen LogP contribution in [-0.2, 0) is 20.1 Å². The van der Waals surface area contributed by atoms with Gasteiger partial charge in [-0.3, -0.25) is 9.59 Å². The Kier molecular flexibility index (Phi) is 6.22. The van der Waals surface area contributed by atoms with Gasteiger partial charge in [-0.2, -0.15) is 0 Å². The molecule has 2 amide bonds. The number of thioether (sulfide) groups is 1. The van der Waals surface area contributed by atoms with Crippen molar-refractivity contribution in [2.75, 3.05) is 5.75 Å². The van der Waals surface area contributed by atoms with Crippen LogP contribution in [-0.4, -0.2) is 39.8 Å². The summed E-state index contributed by atoms with van der Waals surface area (Å²) in [6.45, 7) is 3.59.